The van der Waals surface area contributed by atoms with Crippen LogP contribution in [0.15, 0.2) is 24.3 Å². The highest BCUT2D eigenvalue weighted by atomic mass is 16.5. The van der Waals surface area contributed by atoms with Gasteiger partial charge in [0.2, 0.25) is 5.91 Å². The molecule has 0 radical (unpaired) electrons. The number of nitrogens with one attached hydrogen (secondary N) is 3. The molecule has 0 spiro atoms. The molecule has 7 heteroatoms. The second-order valence-electron chi connectivity index (χ2n) is 8.03. The molecule has 0 bridgehead atoms. The Morgan fingerprint density at radius 1 is 1.24 bits per heavy atom. The quantitative estimate of drug-likeness (QED) is 0.700. The fourth-order valence-electron chi connectivity index (χ4n) is 4.24. The maximum atomic E-state index is 12.9. The zero-order chi connectivity index (χ0) is 20.4. The second kappa shape index (κ2) is 8.16. The number of carbonyl (C=O) groups is 2. The molecule has 0 saturated heterocycles. The number of ether oxygens (including phenoxy) is 1. The van der Waals surface area contributed by atoms with E-state index in [9.17, 15) is 14.9 Å². The molecule has 0 aliphatic heterocycles. The molecule has 2 saturated carbocycles. The normalized spacial score (nSPS) is 22.5. The third-order valence-corrected chi connectivity index (χ3v) is 6.04. The molecule has 3 atom stereocenters. The molecule has 2 aliphatic rings. The van der Waals surface area contributed by atoms with Crippen LogP contribution in [-0.4, -0.2) is 36.0 Å². The summed E-state index contributed by atoms with van der Waals surface area (Å²) in [5, 5.41) is 16.1. The van der Waals surface area contributed by atoms with Gasteiger partial charge in [-0.3, -0.25) is 9.59 Å². The lowest BCUT2D eigenvalue weighted by Gasteiger charge is -2.31. The minimum atomic E-state index is -0.415. The third-order valence-electron chi connectivity index (χ3n) is 6.04. The Labute approximate surface area is 169 Å². The zero-order valence-corrected chi connectivity index (χ0v) is 16.5. The largest absolute Gasteiger partial charge is 0.496 e. The van der Waals surface area contributed by atoms with E-state index >= 15 is 0 Å². The molecule has 3 N–H and O–H groups in total. The number of methoxy groups -OCH3 is 1. The number of amides is 2. The molecule has 152 valence electrons. The summed E-state index contributed by atoms with van der Waals surface area (Å²) in [5.74, 6) is 0.331. The Hall–Kier alpha value is -3.01. The molecule has 2 fully saturated rings. The van der Waals surface area contributed by atoms with Crippen LogP contribution >= 0.6 is 0 Å². The lowest BCUT2D eigenvalue weighted by molar-refractivity contribution is -0.127. The minimum absolute atomic E-state index is 0.119. The van der Waals surface area contributed by atoms with Crippen molar-refractivity contribution < 1.29 is 14.3 Å². The maximum Gasteiger partial charge on any atom is 0.267 e. The van der Waals surface area contributed by atoms with Crippen molar-refractivity contribution in [1.82, 2.24) is 15.6 Å². The topological polar surface area (TPSA) is 107 Å². The van der Waals surface area contributed by atoms with Gasteiger partial charge in [0.25, 0.3) is 5.91 Å². The van der Waals surface area contributed by atoms with E-state index in [1.165, 1.54) is 0 Å². The number of carbonyl (C=O) groups excluding carboxylic acids is 2. The molecule has 1 aromatic heterocycles. The molecule has 29 heavy (non-hydrogen) atoms. The highest BCUT2D eigenvalue weighted by molar-refractivity contribution is 6.00. The molecule has 2 amide bonds. The van der Waals surface area contributed by atoms with Crippen LogP contribution in [0.3, 0.4) is 0 Å². The highest BCUT2D eigenvalue weighted by Crippen LogP contribution is 2.33. The van der Waals surface area contributed by atoms with Crippen LogP contribution < -0.4 is 15.4 Å². The summed E-state index contributed by atoms with van der Waals surface area (Å²) in [6.07, 6.45) is 5.39. The number of fused-ring (bicyclic) bond motifs is 1. The van der Waals surface area contributed by atoms with Crippen LogP contribution in [-0.2, 0) is 4.79 Å². The van der Waals surface area contributed by atoms with Crippen molar-refractivity contribution >= 4 is 22.7 Å². The van der Waals surface area contributed by atoms with E-state index in [1.807, 2.05) is 18.2 Å². The molecule has 1 unspecified atom stereocenters. The number of hydrogen-bond acceptors (Lipinski definition) is 4. The van der Waals surface area contributed by atoms with E-state index in [1.54, 1.807) is 13.2 Å². The van der Waals surface area contributed by atoms with Crippen LogP contribution in [0.25, 0.3) is 10.9 Å². The van der Waals surface area contributed by atoms with Crippen LogP contribution in [0.5, 0.6) is 5.75 Å². The first-order chi connectivity index (χ1) is 14.1. The second-order valence-corrected chi connectivity index (χ2v) is 8.03. The average molecular weight is 394 g/mol. The number of H-pyrrole nitrogens is 1. The predicted octanol–water partition coefficient (Wildman–Crippen LogP) is 2.88. The van der Waals surface area contributed by atoms with Crippen LogP contribution in [0, 0.1) is 23.2 Å². The summed E-state index contributed by atoms with van der Waals surface area (Å²) < 4.78 is 5.36. The Bertz CT molecular complexity index is 957. The smallest absolute Gasteiger partial charge is 0.267 e. The molecule has 2 aliphatic carbocycles. The summed E-state index contributed by atoms with van der Waals surface area (Å²) in [4.78, 5) is 28.8. The molecular formula is C22H26N4O3. The summed E-state index contributed by atoms with van der Waals surface area (Å²) in [6.45, 7) is 0. The first-order valence-electron chi connectivity index (χ1n) is 10.3. The Morgan fingerprint density at radius 3 is 2.76 bits per heavy atom. The van der Waals surface area contributed by atoms with Crippen molar-refractivity contribution in [3.63, 3.8) is 0 Å². The lowest BCUT2D eigenvalue weighted by atomic mass is 9.83. The summed E-state index contributed by atoms with van der Waals surface area (Å²) in [5.41, 5.74) is 1.27. The zero-order valence-electron chi connectivity index (χ0n) is 16.5. The number of nitriles is 1. The Kier molecular flexibility index (Phi) is 5.43. The van der Waals surface area contributed by atoms with Crippen molar-refractivity contribution in [3.8, 4) is 11.8 Å². The van der Waals surface area contributed by atoms with Crippen LogP contribution in [0.1, 0.15) is 49.0 Å². The van der Waals surface area contributed by atoms with Gasteiger partial charge in [0.1, 0.15) is 17.5 Å². The van der Waals surface area contributed by atoms with Gasteiger partial charge >= 0.3 is 0 Å². The summed E-state index contributed by atoms with van der Waals surface area (Å²) in [7, 11) is 1.60. The van der Waals surface area contributed by atoms with E-state index in [0.29, 0.717) is 11.4 Å². The first kappa shape index (κ1) is 19.3. The van der Waals surface area contributed by atoms with Gasteiger partial charge in [-0.2, -0.15) is 5.26 Å². The number of nitrogens with zero attached hydrogens (tertiary/aromatic N) is 1. The van der Waals surface area contributed by atoms with Gasteiger partial charge in [-0.15, -0.1) is 0 Å². The average Bonchev–Trinajstić information content (AvgIpc) is 3.49. The van der Waals surface area contributed by atoms with Gasteiger partial charge in [0.05, 0.1) is 19.1 Å². The van der Waals surface area contributed by atoms with Gasteiger partial charge in [-0.1, -0.05) is 18.9 Å². The number of benzene rings is 1. The highest BCUT2D eigenvalue weighted by Gasteiger charge is 2.37. The summed E-state index contributed by atoms with van der Waals surface area (Å²) >= 11 is 0. The van der Waals surface area contributed by atoms with E-state index in [-0.39, 0.29) is 29.7 Å². The summed E-state index contributed by atoms with van der Waals surface area (Å²) in [6, 6.07) is 8.95. The lowest BCUT2D eigenvalue weighted by Crippen LogP contribution is -2.50. The fraction of sp³-hybridized carbons (Fsp3) is 0.500. The Balaban J connectivity index is 1.47. The number of aromatic amines is 1. The molecule has 7 nitrogen and oxygen atoms in total. The maximum absolute atomic E-state index is 12.9. The van der Waals surface area contributed by atoms with Gasteiger partial charge in [0, 0.05) is 16.9 Å². The van der Waals surface area contributed by atoms with E-state index in [0.717, 1.165) is 49.4 Å². The van der Waals surface area contributed by atoms with Crippen molar-refractivity contribution in [2.75, 3.05) is 7.11 Å². The fourth-order valence-corrected chi connectivity index (χ4v) is 4.24. The van der Waals surface area contributed by atoms with Gasteiger partial charge in [-0.05, 0) is 49.8 Å². The monoisotopic (exact) mass is 394 g/mol. The molecule has 1 heterocycles. The third kappa shape index (κ3) is 4.07. The number of rotatable bonds is 6. The van der Waals surface area contributed by atoms with Gasteiger partial charge < -0.3 is 20.4 Å². The molecule has 1 aromatic carbocycles. The minimum Gasteiger partial charge on any atom is -0.496 e. The van der Waals surface area contributed by atoms with Crippen LogP contribution in [0.2, 0.25) is 0 Å². The van der Waals surface area contributed by atoms with Gasteiger partial charge in [0.15, 0.2) is 0 Å². The van der Waals surface area contributed by atoms with E-state index in [2.05, 4.69) is 21.7 Å². The Morgan fingerprint density at radius 2 is 2.03 bits per heavy atom. The van der Waals surface area contributed by atoms with Crippen molar-refractivity contribution in [3.05, 3.63) is 30.0 Å². The SMILES string of the molecule is COc1cccc2[nH]c(C(=O)NC3CCCC[C@H]3C(=O)N[C@H](C#N)C3CC3)cc12. The number of hydrogen-bond donors (Lipinski definition) is 3. The molecule has 4 rings (SSSR count). The molecule has 2 aromatic rings. The van der Waals surface area contributed by atoms with Gasteiger partial charge in [-0.25, -0.2) is 0 Å². The first-order valence-corrected chi connectivity index (χ1v) is 10.3. The van der Waals surface area contributed by atoms with Crippen molar-refractivity contribution in [2.24, 2.45) is 11.8 Å². The van der Waals surface area contributed by atoms with Crippen LogP contribution in [0.4, 0.5) is 0 Å². The standard InChI is InChI=1S/C22H26N4O3/c1-29-20-8-4-7-17-15(20)11-18(24-17)22(28)25-16-6-3-2-5-14(16)21(27)26-19(12-23)13-9-10-13/h4,7-8,11,13-14,16,19,24H,2-3,5-6,9-10H2,1H3,(H,25,28)(H,26,27)/t14-,16?,19-/m1/s1. The molecular weight excluding hydrogens is 368 g/mol. The van der Waals surface area contributed by atoms with E-state index in [4.69, 9.17) is 4.74 Å². The van der Waals surface area contributed by atoms with E-state index < -0.39 is 6.04 Å². The number of aromatic nitrogens is 1. The van der Waals surface area contributed by atoms with Crippen molar-refractivity contribution in [2.45, 2.75) is 50.6 Å². The van der Waals surface area contributed by atoms with Crippen molar-refractivity contribution in [1.29, 1.82) is 5.26 Å². The predicted molar refractivity (Wildman–Crippen MR) is 108 cm³/mol.